The molecule has 0 bridgehead atoms. The second-order valence-electron chi connectivity index (χ2n) is 15.6. The molecule has 0 aromatic heterocycles. The van der Waals surface area contributed by atoms with Gasteiger partial charge in [-0.25, -0.2) is 0 Å². The minimum atomic E-state index is -0.248. The van der Waals surface area contributed by atoms with E-state index in [0.717, 1.165) is 36.5 Å². The molecule has 7 rings (SSSR count). The standard InChI is InChI=1S/C20H28N2.C12H18.C9H18.2C2H6/c1-4-13-8-18-10-15(18)11(2)7-20(18,22)16-6-5-14-12(3)17(14)19(16,21)9-13;1-9(2)4-3-5-10-8-11-6-7-12(10)11;1-4-7-8-9(5-2)6-3;2*1-2/h7,9-10,12,14,16-17H,4-6,8,21-22H2,1-3H3;7,10-11H,1,3-6,8H2,2H3;8H,4-7H2,1-3H3;2*1-2H3. The molecule has 47 heavy (non-hydrogen) atoms. The molecule has 3 fully saturated rings. The Hall–Kier alpha value is -1.64. The van der Waals surface area contributed by atoms with Gasteiger partial charge in [-0.15, -0.1) is 6.58 Å². The highest BCUT2D eigenvalue weighted by Crippen LogP contribution is 2.72. The van der Waals surface area contributed by atoms with Crippen LogP contribution in [-0.4, -0.2) is 11.1 Å². The maximum absolute atomic E-state index is 7.17. The van der Waals surface area contributed by atoms with Crippen LogP contribution >= 0.6 is 0 Å². The van der Waals surface area contributed by atoms with Gasteiger partial charge in [-0.2, -0.15) is 0 Å². The lowest BCUT2D eigenvalue weighted by atomic mass is 9.60. The number of unbranched alkanes of at least 4 members (excludes halogenated alkanes) is 1. The first-order chi connectivity index (χ1) is 22.5. The van der Waals surface area contributed by atoms with Crippen molar-refractivity contribution in [2.24, 2.45) is 52.4 Å². The molecule has 2 heteroatoms. The van der Waals surface area contributed by atoms with E-state index in [4.69, 9.17) is 11.5 Å². The lowest BCUT2D eigenvalue weighted by molar-refractivity contribution is 0.118. The summed E-state index contributed by atoms with van der Waals surface area (Å²) in [5, 5.41) is 0. The molecule has 0 aromatic rings. The topological polar surface area (TPSA) is 52.0 Å². The van der Waals surface area contributed by atoms with Gasteiger partial charge in [-0.1, -0.05) is 121 Å². The smallest absolute Gasteiger partial charge is 0.0531 e. The number of hydrogen-bond acceptors (Lipinski definition) is 2. The van der Waals surface area contributed by atoms with Gasteiger partial charge < -0.3 is 11.5 Å². The van der Waals surface area contributed by atoms with Crippen LogP contribution in [0.1, 0.15) is 160 Å². The van der Waals surface area contributed by atoms with Crippen molar-refractivity contribution in [3.8, 4) is 0 Å². The second-order valence-corrected chi connectivity index (χ2v) is 15.6. The van der Waals surface area contributed by atoms with Gasteiger partial charge in [-0.3, -0.25) is 0 Å². The van der Waals surface area contributed by atoms with Crippen LogP contribution in [-0.2, 0) is 0 Å². The Balaban J connectivity index is 0.000000204. The molecule has 0 saturated heterocycles. The number of nitrogens with two attached hydrogens (primary N) is 2. The number of hydrogen-bond donors (Lipinski definition) is 2. The molecule has 9 unspecified atom stereocenters. The van der Waals surface area contributed by atoms with Gasteiger partial charge in [0.15, 0.2) is 0 Å². The zero-order valence-electron chi connectivity index (χ0n) is 32.9. The van der Waals surface area contributed by atoms with Crippen molar-refractivity contribution in [3.63, 3.8) is 0 Å². The summed E-state index contributed by atoms with van der Waals surface area (Å²) >= 11 is 0. The third-order valence-corrected chi connectivity index (χ3v) is 12.9. The molecule has 0 radical (unpaired) electrons. The molecule has 9 atom stereocenters. The summed E-state index contributed by atoms with van der Waals surface area (Å²) in [6, 6.07) is 0. The van der Waals surface area contributed by atoms with Crippen molar-refractivity contribution in [2.75, 3.05) is 0 Å². The molecule has 0 heterocycles. The van der Waals surface area contributed by atoms with Crippen molar-refractivity contribution < 1.29 is 0 Å². The molecule has 2 nitrogen and oxygen atoms in total. The first kappa shape index (κ1) is 39.8. The normalized spacial score (nSPS) is 36.9. The van der Waals surface area contributed by atoms with Crippen molar-refractivity contribution in [2.45, 2.75) is 171 Å². The Morgan fingerprint density at radius 1 is 1.00 bits per heavy atom. The van der Waals surface area contributed by atoms with Crippen molar-refractivity contribution in [1.29, 1.82) is 0 Å². The summed E-state index contributed by atoms with van der Waals surface area (Å²) in [5.74, 6) is 4.66. The third-order valence-electron chi connectivity index (χ3n) is 12.9. The van der Waals surface area contributed by atoms with Crippen LogP contribution in [0.15, 0.2) is 70.4 Å². The summed E-state index contributed by atoms with van der Waals surface area (Å²) in [5.41, 5.74) is 23.2. The molecular formula is C45H76N2. The number of fused-ring (bicyclic) bond motifs is 5. The number of rotatable bonds is 9. The maximum atomic E-state index is 7.17. The Labute approximate surface area is 292 Å². The van der Waals surface area contributed by atoms with Gasteiger partial charge in [-0.05, 0) is 132 Å². The summed E-state index contributed by atoms with van der Waals surface area (Å²) < 4.78 is 0. The summed E-state index contributed by atoms with van der Waals surface area (Å²) in [6.07, 6.45) is 28.7. The van der Waals surface area contributed by atoms with Crippen LogP contribution in [0.3, 0.4) is 0 Å². The molecule has 3 saturated carbocycles. The third kappa shape index (κ3) is 7.75. The SMILES string of the molecule is C=C(C)CCCC1CC2CC=C21.CC.CC.CCC1=CC2(N)C3C(C)C3CCC2C2(N)C=C(C)C3=CC32C1.CCCC=C(CC)CC. The first-order valence-corrected chi connectivity index (χ1v) is 20.2. The van der Waals surface area contributed by atoms with Crippen LogP contribution in [0.2, 0.25) is 0 Å². The second kappa shape index (κ2) is 16.8. The Kier molecular flexibility index (Phi) is 14.3. The average molecular weight is 645 g/mol. The monoisotopic (exact) mass is 645 g/mol. The van der Waals surface area contributed by atoms with E-state index in [0.29, 0.717) is 11.8 Å². The molecule has 7 aliphatic rings. The molecule has 7 aliphatic carbocycles. The van der Waals surface area contributed by atoms with Crippen molar-refractivity contribution in [1.82, 2.24) is 0 Å². The average Bonchev–Trinajstić information content (AvgIpc) is 3.95. The molecule has 0 aliphatic heterocycles. The fourth-order valence-electron chi connectivity index (χ4n) is 10.1. The molecule has 0 aromatic carbocycles. The quantitative estimate of drug-likeness (QED) is 0.245. The van der Waals surface area contributed by atoms with Crippen molar-refractivity contribution >= 4 is 0 Å². The van der Waals surface area contributed by atoms with Gasteiger partial charge in [0.05, 0.1) is 5.54 Å². The summed E-state index contributed by atoms with van der Waals surface area (Å²) in [6.45, 7) is 27.6. The molecular weight excluding hydrogens is 569 g/mol. The van der Waals surface area contributed by atoms with Gasteiger partial charge in [0.1, 0.15) is 0 Å². The van der Waals surface area contributed by atoms with E-state index in [1.807, 2.05) is 27.7 Å². The molecule has 266 valence electrons. The fourth-order valence-corrected chi connectivity index (χ4v) is 10.1. The molecule has 4 N–H and O–H groups in total. The van der Waals surface area contributed by atoms with Crippen LogP contribution < -0.4 is 11.5 Å². The van der Waals surface area contributed by atoms with E-state index < -0.39 is 0 Å². The highest BCUT2D eigenvalue weighted by Gasteiger charge is 2.72. The predicted octanol–water partition coefficient (Wildman–Crippen LogP) is 12.6. The van der Waals surface area contributed by atoms with E-state index in [2.05, 4.69) is 85.4 Å². The fraction of sp³-hybridized carbons (Fsp3) is 0.733. The van der Waals surface area contributed by atoms with Crippen molar-refractivity contribution in [3.05, 3.63) is 70.4 Å². The largest absolute Gasteiger partial charge is 0.321 e. The predicted molar refractivity (Wildman–Crippen MR) is 209 cm³/mol. The van der Waals surface area contributed by atoms with Gasteiger partial charge in [0, 0.05) is 16.9 Å². The van der Waals surface area contributed by atoms with Crippen LogP contribution in [0.25, 0.3) is 0 Å². The Morgan fingerprint density at radius 2 is 1.68 bits per heavy atom. The van der Waals surface area contributed by atoms with Gasteiger partial charge in [0.2, 0.25) is 0 Å². The minimum Gasteiger partial charge on any atom is -0.321 e. The van der Waals surface area contributed by atoms with Gasteiger partial charge in [0.25, 0.3) is 0 Å². The van der Waals surface area contributed by atoms with E-state index in [1.54, 1.807) is 11.1 Å². The summed E-state index contributed by atoms with van der Waals surface area (Å²) in [4.78, 5) is 0. The van der Waals surface area contributed by atoms with Crippen LogP contribution in [0.4, 0.5) is 0 Å². The van der Waals surface area contributed by atoms with Crippen LogP contribution in [0.5, 0.6) is 0 Å². The number of allylic oxidation sites excluding steroid dienone is 7. The zero-order valence-corrected chi connectivity index (χ0v) is 32.9. The lowest BCUT2D eigenvalue weighted by Crippen LogP contribution is -2.64. The highest BCUT2D eigenvalue weighted by atomic mass is 15.0. The minimum absolute atomic E-state index is 0.107. The maximum Gasteiger partial charge on any atom is 0.0531 e. The first-order valence-electron chi connectivity index (χ1n) is 20.2. The molecule has 1 spiro atoms. The summed E-state index contributed by atoms with van der Waals surface area (Å²) in [7, 11) is 0. The van der Waals surface area contributed by atoms with Gasteiger partial charge >= 0.3 is 0 Å². The van der Waals surface area contributed by atoms with E-state index >= 15 is 0 Å². The van der Waals surface area contributed by atoms with E-state index in [1.165, 1.54) is 92.9 Å². The highest BCUT2D eigenvalue weighted by molar-refractivity contribution is 5.66. The Bertz CT molecular complexity index is 1220. The van der Waals surface area contributed by atoms with Crippen LogP contribution in [0, 0.1) is 40.9 Å². The lowest BCUT2D eigenvalue weighted by Gasteiger charge is -2.49. The Morgan fingerprint density at radius 3 is 2.17 bits per heavy atom. The van der Waals surface area contributed by atoms with E-state index in [9.17, 15) is 0 Å². The van der Waals surface area contributed by atoms with E-state index in [-0.39, 0.29) is 16.5 Å². The molecule has 0 amide bonds. The zero-order chi connectivity index (χ0) is 35.2.